The highest BCUT2D eigenvalue weighted by atomic mass is 32.1. The van der Waals surface area contributed by atoms with Crippen LogP contribution < -0.4 is 0 Å². The zero-order chi connectivity index (χ0) is 5.70. The van der Waals surface area contributed by atoms with E-state index in [0.717, 1.165) is 11.3 Å². The van der Waals surface area contributed by atoms with Gasteiger partial charge in [-0.15, -0.1) is 0 Å². The molecular formula is C5H10OS. The first-order chi connectivity index (χ1) is 3.31. The quantitative estimate of drug-likeness (QED) is 0.407. The first-order valence-corrected chi connectivity index (χ1v) is 2.82. The third-order valence-electron chi connectivity index (χ3n) is 0.689. The summed E-state index contributed by atoms with van der Waals surface area (Å²) >= 11 is 3.97. The van der Waals surface area contributed by atoms with Crippen molar-refractivity contribution in [3.05, 3.63) is 11.6 Å². The van der Waals surface area contributed by atoms with Crippen molar-refractivity contribution >= 4 is 12.6 Å². The first kappa shape index (κ1) is 7.05. The molecule has 0 spiro atoms. The molecule has 0 aromatic heterocycles. The summed E-state index contributed by atoms with van der Waals surface area (Å²) in [5, 5.41) is 8.26. The van der Waals surface area contributed by atoms with Crippen LogP contribution in [0.4, 0.5) is 0 Å². The Morgan fingerprint density at radius 3 is 2.57 bits per heavy atom. The molecule has 2 heteroatoms. The van der Waals surface area contributed by atoms with Gasteiger partial charge >= 0.3 is 0 Å². The van der Waals surface area contributed by atoms with Crippen LogP contribution >= 0.6 is 12.6 Å². The zero-order valence-electron chi connectivity index (χ0n) is 4.39. The molecular weight excluding hydrogens is 108 g/mol. The summed E-state index contributed by atoms with van der Waals surface area (Å²) < 4.78 is 0. The fraction of sp³-hybridized carbons (Fsp3) is 0.600. The second kappa shape index (κ2) is 4.22. The maximum absolute atomic E-state index is 8.26. The Labute approximate surface area is 49.5 Å². The zero-order valence-corrected chi connectivity index (χ0v) is 5.28. The predicted molar refractivity (Wildman–Crippen MR) is 34.7 cm³/mol. The van der Waals surface area contributed by atoms with Gasteiger partial charge in [-0.1, -0.05) is 11.6 Å². The van der Waals surface area contributed by atoms with Crippen molar-refractivity contribution in [3.8, 4) is 0 Å². The van der Waals surface area contributed by atoms with Gasteiger partial charge in [0.1, 0.15) is 0 Å². The highest BCUT2D eigenvalue weighted by molar-refractivity contribution is 7.80. The van der Waals surface area contributed by atoms with Gasteiger partial charge in [0.05, 0.1) is 6.61 Å². The van der Waals surface area contributed by atoms with Crippen molar-refractivity contribution in [3.63, 3.8) is 0 Å². The molecule has 0 fully saturated rings. The number of hydrogen-bond acceptors (Lipinski definition) is 2. The van der Waals surface area contributed by atoms with Gasteiger partial charge < -0.3 is 5.11 Å². The molecule has 0 aromatic rings. The Balaban J connectivity index is 3.29. The van der Waals surface area contributed by atoms with Crippen LogP contribution in [0.15, 0.2) is 11.6 Å². The number of thiol groups is 1. The van der Waals surface area contributed by atoms with Crippen LogP contribution in [0.3, 0.4) is 0 Å². The summed E-state index contributed by atoms with van der Waals surface area (Å²) in [6, 6.07) is 0. The Morgan fingerprint density at radius 2 is 2.43 bits per heavy atom. The standard InChI is InChI=1S/C5H10OS/c1-5(4-7)2-3-6/h2,6-7H,3-4H2,1H3. The highest BCUT2D eigenvalue weighted by Gasteiger charge is 1.78. The molecule has 0 radical (unpaired) electrons. The molecule has 1 nitrogen and oxygen atoms in total. The fourth-order valence-electron chi connectivity index (χ4n) is 0.220. The molecule has 0 atom stereocenters. The lowest BCUT2D eigenvalue weighted by Gasteiger charge is -1.87. The molecule has 0 bridgehead atoms. The third kappa shape index (κ3) is 3.89. The van der Waals surface area contributed by atoms with Crippen LogP contribution in [-0.2, 0) is 0 Å². The monoisotopic (exact) mass is 118 g/mol. The lowest BCUT2D eigenvalue weighted by molar-refractivity contribution is 0.342. The van der Waals surface area contributed by atoms with Crippen molar-refractivity contribution in [1.82, 2.24) is 0 Å². The van der Waals surface area contributed by atoms with Crippen LogP contribution in [0.2, 0.25) is 0 Å². The fourth-order valence-corrected chi connectivity index (χ4v) is 0.349. The van der Waals surface area contributed by atoms with Crippen molar-refractivity contribution in [2.45, 2.75) is 6.92 Å². The van der Waals surface area contributed by atoms with Gasteiger partial charge in [-0.2, -0.15) is 12.6 Å². The van der Waals surface area contributed by atoms with Crippen LogP contribution in [-0.4, -0.2) is 17.5 Å². The Hall–Kier alpha value is 0.0500. The van der Waals surface area contributed by atoms with E-state index in [1.807, 2.05) is 6.92 Å². The average Bonchev–Trinajstić information content (AvgIpc) is 1.68. The molecule has 0 saturated heterocycles. The van der Waals surface area contributed by atoms with E-state index in [9.17, 15) is 0 Å². The largest absolute Gasteiger partial charge is 0.392 e. The van der Waals surface area contributed by atoms with Crippen LogP contribution in [0.5, 0.6) is 0 Å². The summed E-state index contributed by atoms with van der Waals surface area (Å²) in [6.07, 6.45) is 1.74. The Bertz CT molecular complexity index is 68.5. The van der Waals surface area contributed by atoms with Crippen molar-refractivity contribution in [1.29, 1.82) is 0 Å². The van der Waals surface area contributed by atoms with Gasteiger partial charge in [-0.05, 0) is 6.92 Å². The maximum atomic E-state index is 8.26. The van der Waals surface area contributed by atoms with Gasteiger partial charge in [0.25, 0.3) is 0 Å². The Kier molecular flexibility index (Phi) is 4.25. The molecule has 7 heavy (non-hydrogen) atoms. The van der Waals surface area contributed by atoms with E-state index in [1.54, 1.807) is 6.08 Å². The average molecular weight is 118 g/mol. The van der Waals surface area contributed by atoms with Crippen LogP contribution in [0, 0.1) is 0 Å². The molecule has 0 unspecified atom stereocenters. The Morgan fingerprint density at radius 1 is 1.86 bits per heavy atom. The molecule has 0 aromatic carbocycles. The van der Waals surface area contributed by atoms with Crippen molar-refractivity contribution in [2.24, 2.45) is 0 Å². The molecule has 0 rings (SSSR count). The van der Waals surface area contributed by atoms with E-state index in [0.29, 0.717) is 0 Å². The number of aliphatic hydroxyl groups is 1. The van der Waals surface area contributed by atoms with Gasteiger partial charge in [-0.3, -0.25) is 0 Å². The van der Waals surface area contributed by atoms with E-state index >= 15 is 0 Å². The molecule has 1 N–H and O–H groups in total. The number of hydrogen-bond donors (Lipinski definition) is 2. The summed E-state index contributed by atoms with van der Waals surface area (Å²) in [5.74, 6) is 0.737. The van der Waals surface area contributed by atoms with E-state index < -0.39 is 0 Å². The van der Waals surface area contributed by atoms with E-state index in [1.165, 1.54) is 0 Å². The second-order valence-corrected chi connectivity index (χ2v) is 1.71. The van der Waals surface area contributed by atoms with Gasteiger partial charge in [0.15, 0.2) is 0 Å². The number of aliphatic hydroxyl groups excluding tert-OH is 1. The first-order valence-electron chi connectivity index (χ1n) is 2.18. The minimum atomic E-state index is 0.131. The summed E-state index contributed by atoms with van der Waals surface area (Å²) in [5.41, 5.74) is 1.12. The van der Waals surface area contributed by atoms with Gasteiger partial charge in [0, 0.05) is 5.75 Å². The molecule has 0 saturated carbocycles. The lowest BCUT2D eigenvalue weighted by Crippen LogP contribution is -1.79. The van der Waals surface area contributed by atoms with Crippen molar-refractivity contribution < 1.29 is 5.11 Å². The smallest absolute Gasteiger partial charge is 0.0615 e. The molecule has 0 amide bonds. The summed E-state index contributed by atoms with van der Waals surface area (Å²) in [6.45, 7) is 2.07. The second-order valence-electron chi connectivity index (χ2n) is 1.39. The number of rotatable bonds is 2. The van der Waals surface area contributed by atoms with Crippen LogP contribution in [0.25, 0.3) is 0 Å². The van der Waals surface area contributed by atoms with E-state index in [-0.39, 0.29) is 6.61 Å². The third-order valence-corrected chi connectivity index (χ3v) is 1.19. The van der Waals surface area contributed by atoms with E-state index in [2.05, 4.69) is 12.6 Å². The topological polar surface area (TPSA) is 20.2 Å². The SMILES string of the molecule is CC(=CCO)CS. The normalized spacial score (nSPS) is 12.1. The minimum Gasteiger partial charge on any atom is -0.392 e. The molecule has 42 valence electrons. The van der Waals surface area contributed by atoms with Crippen molar-refractivity contribution in [2.75, 3.05) is 12.4 Å². The maximum Gasteiger partial charge on any atom is 0.0615 e. The predicted octanol–water partition coefficient (Wildman–Crippen LogP) is 0.855. The molecule has 0 aliphatic rings. The molecule has 0 aliphatic carbocycles. The van der Waals surface area contributed by atoms with Gasteiger partial charge in [-0.25, -0.2) is 0 Å². The molecule has 0 aliphatic heterocycles. The summed E-state index contributed by atoms with van der Waals surface area (Å²) in [7, 11) is 0. The summed E-state index contributed by atoms with van der Waals surface area (Å²) in [4.78, 5) is 0. The highest BCUT2D eigenvalue weighted by Crippen LogP contribution is 1.91. The lowest BCUT2D eigenvalue weighted by atomic mass is 10.3. The minimum absolute atomic E-state index is 0.131. The van der Waals surface area contributed by atoms with Crippen LogP contribution in [0.1, 0.15) is 6.92 Å². The molecule has 0 heterocycles. The van der Waals surface area contributed by atoms with E-state index in [4.69, 9.17) is 5.11 Å². The van der Waals surface area contributed by atoms with Gasteiger partial charge in [0.2, 0.25) is 0 Å².